The van der Waals surface area contributed by atoms with Crippen LogP contribution in [0.25, 0.3) is 11.1 Å². The maximum Gasteiger partial charge on any atom is 0.254 e. The van der Waals surface area contributed by atoms with Crippen LogP contribution in [-0.2, 0) is 13.1 Å². The Kier molecular flexibility index (Phi) is 5.04. The molecule has 0 aromatic heterocycles. The van der Waals surface area contributed by atoms with Gasteiger partial charge in [-0.2, -0.15) is 0 Å². The number of carbonyl (C=O) groups is 1. The zero-order valence-electron chi connectivity index (χ0n) is 18.3. The smallest absolute Gasteiger partial charge is 0.254 e. The first kappa shape index (κ1) is 20.4. The van der Waals surface area contributed by atoms with E-state index in [4.69, 9.17) is 4.74 Å². The lowest BCUT2D eigenvalue weighted by molar-refractivity contribution is 0.0784. The molecule has 0 N–H and O–H groups in total. The van der Waals surface area contributed by atoms with Gasteiger partial charge in [0, 0.05) is 30.9 Å². The number of nitrogens with zero attached hydrogens (tertiary/aromatic N) is 2. The fraction of sp³-hybridized carbons (Fsp3) is 0.259. The first-order valence-electron chi connectivity index (χ1n) is 10.9. The summed E-state index contributed by atoms with van der Waals surface area (Å²) in [6.07, 6.45) is 3.82. The molecule has 0 spiro atoms. The third kappa shape index (κ3) is 4.03. The summed E-state index contributed by atoms with van der Waals surface area (Å²) in [6, 6.07) is 18.0. The predicted octanol–water partition coefficient (Wildman–Crippen LogP) is 5.63. The van der Waals surface area contributed by atoms with Gasteiger partial charge in [0.05, 0.1) is 6.54 Å². The van der Waals surface area contributed by atoms with Crippen LogP contribution >= 0.6 is 0 Å². The summed E-state index contributed by atoms with van der Waals surface area (Å²) >= 11 is 0. The minimum absolute atomic E-state index is 0.0851. The molecule has 1 aliphatic heterocycles. The van der Waals surface area contributed by atoms with E-state index in [2.05, 4.69) is 11.9 Å². The second kappa shape index (κ2) is 7.90. The fourth-order valence-electron chi connectivity index (χ4n) is 4.08. The van der Waals surface area contributed by atoms with Crippen LogP contribution in [0.4, 0.5) is 4.39 Å². The van der Waals surface area contributed by atoms with E-state index >= 15 is 0 Å². The lowest BCUT2D eigenvalue weighted by Crippen LogP contribution is -2.27. The highest BCUT2D eigenvalue weighted by Gasteiger charge is 2.40. The molecule has 3 aromatic rings. The van der Waals surface area contributed by atoms with Crippen LogP contribution in [0.15, 0.2) is 65.7 Å². The Labute approximate surface area is 187 Å². The molecule has 1 amide bonds. The van der Waals surface area contributed by atoms with E-state index in [-0.39, 0.29) is 17.3 Å². The minimum Gasteiger partial charge on any atom is -0.487 e. The van der Waals surface area contributed by atoms with Crippen molar-refractivity contribution in [1.82, 2.24) is 4.90 Å². The Bertz CT molecular complexity index is 1230. The average Bonchev–Trinajstić information content (AvgIpc) is 3.30. The molecule has 1 aliphatic carbocycles. The number of fused-ring (bicyclic) bond motifs is 1. The van der Waals surface area contributed by atoms with E-state index in [1.807, 2.05) is 36.5 Å². The van der Waals surface area contributed by atoms with Gasteiger partial charge in [-0.05, 0) is 72.4 Å². The number of benzene rings is 3. The molecule has 0 atom stereocenters. The summed E-state index contributed by atoms with van der Waals surface area (Å²) in [5.41, 5.74) is 5.26. The number of aliphatic imine (C=N–C) groups is 1. The summed E-state index contributed by atoms with van der Waals surface area (Å²) in [6.45, 7) is 3.22. The van der Waals surface area contributed by atoms with Gasteiger partial charge in [-0.15, -0.1) is 0 Å². The lowest BCUT2D eigenvalue weighted by atomic mass is 10.0. The highest BCUT2D eigenvalue weighted by molar-refractivity contribution is 5.95. The average molecular weight is 429 g/mol. The Morgan fingerprint density at radius 3 is 2.72 bits per heavy atom. The molecule has 3 aromatic carbocycles. The second-order valence-electron chi connectivity index (χ2n) is 8.89. The Balaban J connectivity index is 1.43. The molecule has 0 saturated heterocycles. The maximum atomic E-state index is 13.8. The first-order valence-corrected chi connectivity index (χ1v) is 10.9. The van der Waals surface area contributed by atoms with E-state index < -0.39 is 0 Å². The third-order valence-electron chi connectivity index (χ3n) is 6.22. The van der Waals surface area contributed by atoms with Crippen molar-refractivity contribution in [2.75, 3.05) is 7.05 Å². The Hall–Kier alpha value is -3.47. The molecule has 5 heteroatoms. The molecule has 162 valence electrons. The standard InChI is InChI=1S/C27H25FN2O2/c1-27(11-12-27)32-25-14-19(9-10-23(25)18-5-4-8-22(28)13-18)26(31)30(2)17-21-7-3-6-20-15-29-16-24(20)21/h3-10,13-15H,11-12,16-17H2,1-2H3. The molecular weight excluding hydrogens is 403 g/mol. The van der Waals surface area contributed by atoms with Crippen LogP contribution in [0.1, 0.15) is 46.8 Å². The number of rotatable bonds is 6. The molecular formula is C27H25FN2O2. The molecule has 2 aliphatic rings. The molecule has 0 bridgehead atoms. The van der Waals surface area contributed by atoms with Crippen LogP contribution in [0.3, 0.4) is 0 Å². The highest BCUT2D eigenvalue weighted by Crippen LogP contribution is 2.43. The minimum atomic E-state index is -0.301. The molecule has 0 radical (unpaired) electrons. The Morgan fingerprint density at radius 2 is 1.94 bits per heavy atom. The first-order chi connectivity index (χ1) is 15.4. The van der Waals surface area contributed by atoms with E-state index in [1.54, 1.807) is 30.1 Å². The van der Waals surface area contributed by atoms with E-state index in [1.165, 1.54) is 17.7 Å². The number of carbonyl (C=O) groups excluding carboxylic acids is 1. The SMILES string of the molecule is CN(Cc1cccc2c1CN=C2)C(=O)c1ccc(-c2cccc(F)c2)c(OC2(C)CC2)c1. The van der Waals surface area contributed by atoms with Crippen LogP contribution in [0.2, 0.25) is 0 Å². The van der Waals surface area contributed by atoms with E-state index in [9.17, 15) is 9.18 Å². The highest BCUT2D eigenvalue weighted by atomic mass is 19.1. The van der Waals surface area contributed by atoms with E-state index in [0.717, 1.165) is 35.1 Å². The van der Waals surface area contributed by atoms with Gasteiger partial charge in [0.2, 0.25) is 0 Å². The van der Waals surface area contributed by atoms with Crippen LogP contribution in [-0.4, -0.2) is 29.7 Å². The van der Waals surface area contributed by atoms with Crippen molar-refractivity contribution in [2.24, 2.45) is 4.99 Å². The van der Waals surface area contributed by atoms with Crippen molar-refractivity contribution in [1.29, 1.82) is 0 Å². The molecule has 1 heterocycles. The zero-order valence-corrected chi connectivity index (χ0v) is 18.3. The third-order valence-corrected chi connectivity index (χ3v) is 6.22. The van der Waals surface area contributed by atoms with Crippen LogP contribution < -0.4 is 4.74 Å². The van der Waals surface area contributed by atoms with Crippen LogP contribution in [0, 0.1) is 5.82 Å². The van der Waals surface area contributed by atoms with Gasteiger partial charge in [-0.3, -0.25) is 9.79 Å². The monoisotopic (exact) mass is 428 g/mol. The van der Waals surface area contributed by atoms with Gasteiger partial charge in [0.25, 0.3) is 5.91 Å². The van der Waals surface area contributed by atoms with Crippen molar-refractivity contribution in [2.45, 2.75) is 38.5 Å². The van der Waals surface area contributed by atoms with Crippen molar-refractivity contribution in [3.8, 4) is 16.9 Å². The molecule has 5 rings (SSSR count). The van der Waals surface area contributed by atoms with Crippen molar-refractivity contribution < 1.29 is 13.9 Å². The van der Waals surface area contributed by atoms with E-state index in [0.29, 0.717) is 24.4 Å². The van der Waals surface area contributed by atoms with Crippen molar-refractivity contribution >= 4 is 12.1 Å². The van der Waals surface area contributed by atoms with Crippen LogP contribution in [0.5, 0.6) is 5.75 Å². The fourth-order valence-corrected chi connectivity index (χ4v) is 4.08. The number of hydrogen-bond acceptors (Lipinski definition) is 3. The maximum absolute atomic E-state index is 13.8. The number of halogens is 1. The topological polar surface area (TPSA) is 41.9 Å². The zero-order chi connectivity index (χ0) is 22.3. The van der Waals surface area contributed by atoms with Gasteiger partial charge >= 0.3 is 0 Å². The summed E-state index contributed by atoms with van der Waals surface area (Å²) in [7, 11) is 1.81. The van der Waals surface area contributed by atoms with Crippen molar-refractivity contribution in [3.05, 3.63) is 88.7 Å². The normalized spacial score (nSPS) is 15.3. The van der Waals surface area contributed by atoms with Gasteiger partial charge < -0.3 is 9.64 Å². The lowest BCUT2D eigenvalue weighted by Gasteiger charge is -2.21. The summed E-state index contributed by atoms with van der Waals surface area (Å²) < 4.78 is 20.1. The van der Waals surface area contributed by atoms with Gasteiger partial charge in [-0.1, -0.05) is 30.3 Å². The molecule has 4 nitrogen and oxygen atoms in total. The van der Waals surface area contributed by atoms with Gasteiger partial charge in [-0.25, -0.2) is 4.39 Å². The second-order valence-corrected chi connectivity index (χ2v) is 8.89. The number of hydrogen-bond donors (Lipinski definition) is 0. The number of ether oxygens (including phenoxy) is 1. The molecule has 1 saturated carbocycles. The largest absolute Gasteiger partial charge is 0.487 e. The summed E-state index contributed by atoms with van der Waals surface area (Å²) in [4.78, 5) is 19.3. The van der Waals surface area contributed by atoms with Gasteiger partial charge in [0.15, 0.2) is 0 Å². The summed E-state index contributed by atoms with van der Waals surface area (Å²) in [5, 5.41) is 0. The number of amides is 1. The predicted molar refractivity (Wildman–Crippen MR) is 124 cm³/mol. The van der Waals surface area contributed by atoms with Crippen molar-refractivity contribution in [3.63, 3.8) is 0 Å². The molecule has 32 heavy (non-hydrogen) atoms. The molecule has 1 fully saturated rings. The molecule has 0 unspecified atom stereocenters. The summed E-state index contributed by atoms with van der Waals surface area (Å²) in [5.74, 6) is 0.229. The Morgan fingerprint density at radius 1 is 1.12 bits per heavy atom. The quantitative estimate of drug-likeness (QED) is 0.511. The van der Waals surface area contributed by atoms with Gasteiger partial charge in [0.1, 0.15) is 17.2 Å².